The number of aromatic nitrogens is 2. The van der Waals surface area contributed by atoms with Crippen molar-refractivity contribution >= 4 is 15.6 Å². The van der Waals surface area contributed by atoms with Crippen molar-refractivity contribution in [2.24, 2.45) is 0 Å². The molecule has 2 fully saturated rings. The molecule has 0 aromatic carbocycles. The smallest absolute Gasteiger partial charge is 0.394 e. The summed E-state index contributed by atoms with van der Waals surface area (Å²) in [6.07, 6.45) is -13.9. The Bertz CT molecular complexity index is 1140. The van der Waals surface area contributed by atoms with Gasteiger partial charge in [-0.2, -0.15) is 4.31 Å². The van der Waals surface area contributed by atoms with Gasteiger partial charge in [-0.25, -0.2) is 13.9 Å². The summed E-state index contributed by atoms with van der Waals surface area (Å²) in [7, 11) is -9.82. The zero-order chi connectivity index (χ0) is 27.7. The predicted octanol–water partition coefficient (Wildman–Crippen LogP) is -4.14. The Balaban J connectivity index is 1.60. The number of methoxy groups -OCH3 is 1. The van der Waals surface area contributed by atoms with Crippen LogP contribution in [0.1, 0.15) is 6.23 Å². The first kappa shape index (κ1) is 30.2. The Labute approximate surface area is 206 Å². The van der Waals surface area contributed by atoms with Gasteiger partial charge in [0.2, 0.25) is 0 Å². The van der Waals surface area contributed by atoms with Gasteiger partial charge in [0.15, 0.2) is 12.5 Å². The molecule has 0 amide bonds. The van der Waals surface area contributed by atoms with Gasteiger partial charge in [-0.05, 0) is 0 Å². The van der Waals surface area contributed by atoms with Crippen LogP contribution in [-0.2, 0) is 36.7 Å². The summed E-state index contributed by atoms with van der Waals surface area (Å²) >= 11 is 0. The van der Waals surface area contributed by atoms with Gasteiger partial charge in [-0.1, -0.05) is 0 Å². The number of H-pyrrole nitrogens is 1. The van der Waals surface area contributed by atoms with Crippen LogP contribution in [0.3, 0.4) is 0 Å². The number of hydrogen-bond donors (Lipinski definition) is 8. The number of phosphoric ester groups is 2. The molecule has 212 valence electrons. The second-order valence-electron chi connectivity index (χ2n) is 7.89. The third-order valence-electron chi connectivity index (χ3n) is 5.41. The number of nitrogens with one attached hydrogen (secondary N) is 1. The average Bonchev–Trinajstić information content (AvgIpc) is 3.23. The Kier molecular flexibility index (Phi) is 9.61. The summed E-state index contributed by atoms with van der Waals surface area (Å²) in [5.41, 5.74) is -1.73. The molecule has 11 atom stereocenters. The molecule has 1 aromatic rings. The molecule has 37 heavy (non-hydrogen) atoms. The van der Waals surface area contributed by atoms with Crippen molar-refractivity contribution in [3.8, 4) is 0 Å². The first-order valence-electron chi connectivity index (χ1n) is 10.4. The largest absolute Gasteiger partial charge is 0.483 e. The first-order valence-corrected chi connectivity index (χ1v) is 13.4. The fourth-order valence-electron chi connectivity index (χ4n) is 3.58. The predicted molar refractivity (Wildman–Crippen MR) is 114 cm³/mol. The van der Waals surface area contributed by atoms with Crippen molar-refractivity contribution in [1.29, 1.82) is 0 Å². The van der Waals surface area contributed by atoms with E-state index in [2.05, 4.69) is 13.4 Å². The third kappa shape index (κ3) is 6.99. The molecule has 0 saturated carbocycles. The number of hydrogen-bond acceptors (Lipinski definition) is 15. The van der Waals surface area contributed by atoms with Crippen molar-refractivity contribution in [3.05, 3.63) is 33.1 Å². The van der Waals surface area contributed by atoms with Crippen LogP contribution in [0.5, 0.6) is 0 Å². The molecule has 2 unspecified atom stereocenters. The van der Waals surface area contributed by atoms with Crippen LogP contribution >= 0.6 is 15.6 Å². The standard InChI is InChI=1S/C16H26N2O17P2/c1-30-6(4-19)13-10(22)12(24)15(33-13)34-37(28,29)35-36(26,27)31-5-7-9(21)11(23)14(32-7)18-3-2-8(20)17-16(18)25/h2-3,6-7,9-15,19,21-24H,4-5H2,1H3,(H,26,27)(H,28,29)(H,17,20,25)/t6-,7-,9-,10-,11-,12-,13+,14-,15-/m1/s1. The van der Waals surface area contributed by atoms with Crippen molar-refractivity contribution in [1.82, 2.24) is 9.55 Å². The van der Waals surface area contributed by atoms with E-state index in [1.165, 1.54) is 0 Å². The SMILES string of the molecule is CO[C@H](CO)[C@@H]1O[C@H](OP(=O)(O)OP(=O)(O)OC[C@H]2O[C@@H](n3ccc(=O)[nH]c3=O)[C@H](O)[C@@H]2O)[C@H](O)[C@H]1O. The highest BCUT2D eigenvalue weighted by molar-refractivity contribution is 7.61. The molecular weight excluding hydrogens is 554 g/mol. The number of phosphoric acid groups is 2. The van der Waals surface area contributed by atoms with E-state index in [1.807, 2.05) is 4.98 Å². The molecule has 21 heteroatoms. The van der Waals surface area contributed by atoms with E-state index in [1.54, 1.807) is 0 Å². The molecule has 8 N–H and O–H groups in total. The zero-order valence-electron chi connectivity index (χ0n) is 18.8. The van der Waals surface area contributed by atoms with E-state index in [-0.39, 0.29) is 0 Å². The van der Waals surface area contributed by atoms with E-state index in [4.69, 9.17) is 14.2 Å². The lowest BCUT2D eigenvalue weighted by Crippen LogP contribution is -2.41. The molecule has 0 spiro atoms. The van der Waals surface area contributed by atoms with Gasteiger partial charge in [0, 0.05) is 19.4 Å². The minimum absolute atomic E-state index is 0.661. The molecular formula is C16H26N2O17P2. The number of aliphatic hydroxyl groups excluding tert-OH is 5. The molecule has 3 rings (SSSR count). The Hall–Kier alpha value is -1.38. The van der Waals surface area contributed by atoms with E-state index in [9.17, 15) is 54.0 Å². The quantitative estimate of drug-likeness (QED) is 0.115. The van der Waals surface area contributed by atoms with Crippen molar-refractivity contribution in [3.63, 3.8) is 0 Å². The van der Waals surface area contributed by atoms with E-state index >= 15 is 0 Å². The zero-order valence-corrected chi connectivity index (χ0v) is 20.6. The number of rotatable bonds is 11. The third-order valence-corrected chi connectivity index (χ3v) is 8.01. The Morgan fingerprint density at radius 3 is 2.32 bits per heavy atom. The number of aliphatic hydroxyl groups is 5. The lowest BCUT2D eigenvalue weighted by atomic mass is 10.1. The second kappa shape index (κ2) is 11.8. The van der Waals surface area contributed by atoms with Crippen LogP contribution in [0.2, 0.25) is 0 Å². The Morgan fingerprint density at radius 2 is 1.73 bits per heavy atom. The van der Waals surface area contributed by atoms with Gasteiger partial charge in [-0.3, -0.25) is 23.4 Å². The van der Waals surface area contributed by atoms with Gasteiger partial charge < -0.3 is 49.5 Å². The highest BCUT2D eigenvalue weighted by Gasteiger charge is 2.51. The van der Waals surface area contributed by atoms with Gasteiger partial charge in [0.25, 0.3) is 5.56 Å². The Morgan fingerprint density at radius 1 is 1.05 bits per heavy atom. The molecule has 0 bridgehead atoms. The second-order valence-corrected chi connectivity index (χ2v) is 10.9. The van der Waals surface area contributed by atoms with Crippen LogP contribution in [0.15, 0.2) is 21.9 Å². The molecule has 0 aliphatic carbocycles. The molecule has 1 aromatic heterocycles. The number of aromatic amines is 1. The lowest BCUT2D eigenvalue weighted by molar-refractivity contribution is -0.149. The average molecular weight is 580 g/mol. The van der Waals surface area contributed by atoms with Crippen molar-refractivity contribution in [2.45, 2.75) is 55.2 Å². The summed E-state index contributed by atoms with van der Waals surface area (Å²) in [5, 5.41) is 49.5. The maximum atomic E-state index is 12.2. The summed E-state index contributed by atoms with van der Waals surface area (Å²) in [4.78, 5) is 44.7. The minimum atomic E-state index is -5.53. The lowest BCUT2D eigenvalue weighted by Gasteiger charge is -2.23. The monoisotopic (exact) mass is 580 g/mol. The molecule has 3 heterocycles. The maximum absolute atomic E-state index is 12.2. The van der Waals surface area contributed by atoms with Crippen LogP contribution in [0.25, 0.3) is 0 Å². The topological polar surface area (TPSA) is 286 Å². The summed E-state index contributed by atoms with van der Waals surface area (Å²) < 4.78 is 53.5. The van der Waals surface area contributed by atoms with Crippen molar-refractivity contribution < 1.29 is 72.0 Å². The minimum Gasteiger partial charge on any atom is -0.394 e. The fourth-order valence-corrected chi connectivity index (χ4v) is 5.73. The highest BCUT2D eigenvalue weighted by atomic mass is 31.3. The molecule has 2 aliphatic heterocycles. The van der Waals surface area contributed by atoms with Crippen LogP contribution in [0, 0.1) is 0 Å². The summed E-state index contributed by atoms with van der Waals surface area (Å²) in [6, 6.07) is 0.938. The summed E-state index contributed by atoms with van der Waals surface area (Å²) in [6.45, 7) is -1.66. The van der Waals surface area contributed by atoms with Crippen LogP contribution in [-0.4, -0.2) is 114 Å². The van der Waals surface area contributed by atoms with Crippen molar-refractivity contribution in [2.75, 3.05) is 20.3 Å². The van der Waals surface area contributed by atoms with Gasteiger partial charge in [-0.15, -0.1) is 0 Å². The van der Waals surface area contributed by atoms with Gasteiger partial charge >= 0.3 is 21.3 Å². The van der Waals surface area contributed by atoms with E-state index < -0.39 is 95.4 Å². The fraction of sp³-hybridized carbons (Fsp3) is 0.750. The maximum Gasteiger partial charge on any atom is 0.483 e. The number of nitrogens with zero attached hydrogens (tertiary/aromatic N) is 1. The first-order chi connectivity index (χ1) is 17.2. The van der Waals surface area contributed by atoms with E-state index in [0.29, 0.717) is 0 Å². The molecule has 19 nitrogen and oxygen atoms in total. The molecule has 2 aliphatic rings. The number of ether oxygens (including phenoxy) is 3. The molecule has 2 saturated heterocycles. The normalized spacial score (nSPS) is 36.2. The van der Waals surface area contributed by atoms with Crippen LogP contribution < -0.4 is 11.2 Å². The summed E-state index contributed by atoms with van der Waals surface area (Å²) in [5.74, 6) is 0. The van der Waals surface area contributed by atoms with Crippen LogP contribution in [0.4, 0.5) is 0 Å². The van der Waals surface area contributed by atoms with E-state index in [0.717, 1.165) is 23.9 Å². The molecule has 0 radical (unpaired) electrons. The van der Waals surface area contributed by atoms with Gasteiger partial charge in [0.1, 0.15) is 42.7 Å². The highest BCUT2D eigenvalue weighted by Crippen LogP contribution is 2.61. The van der Waals surface area contributed by atoms with Gasteiger partial charge in [0.05, 0.1) is 13.2 Å².